The van der Waals surface area contributed by atoms with Gasteiger partial charge in [-0.15, -0.1) is 0 Å². The van der Waals surface area contributed by atoms with Crippen molar-refractivity contribution in [1.82, 2.24) is 9.97 Å². The fraction of sp³-hybridized carbons (Fsp3) is 0.333. The molecule has 0 spiro atoms. The minimum Gasteiger partial charge on any atom is -0.354 e. The maximum absolute atomic E-state index is 13.3. The Morgan fingerprint density at radius 2 is 1.80 bits per heavy atom. The topological polar surface area (TPSA) is 58.1 Å². The summed E-state index contributed by atoms with van der Waals surface area (Å²) in [5, 5.41) is 3.41. The van der Waals surface area contributed by atoms with Crippen molar-refractivity contribution in [2.24, 2.45) is 0 Å². The van der Waals surface area contributed by atoms with E-state index in [1.54, 1.807) is 24.3 Å². The molecule has 0 aliphatic carbocycles. The summed E-state index contributed by atoms with van der Waals surface area (Å²) in [6, 6.07) is 6.64. The number of hydrogen-bond donors (Lipinski definition) is 1. The molecule has 0 amide bonds. The first-order valence-electron chi connectivity index (χ1n) is 7.40. The number of alkyl halides is 3. The van der Waals surface area contributed by atoms with Crippen LogP contribution in [0.15, 0.2) is 30.5 Å². The SMILES string of the molecule is O=S1CCN(c2nc(Nc3ccc(Cl)cc3)ncc2C(F)(F)F)CC1. The monoisotopic (exact) mass is 390 g/mol. The van der Waals surface area contributed by atoms with Gasteiger partial charge in [-0.25, -0.2) is 4.98 Å². The molecule has 1 aromatic carbocycles. The van der Waals surface area contributed by atoms with Crippen LogP contribution < -0.4 is 10.2 Å². The number of hydrogen-bond acceptors (Lipinski definition) is 5. The van der Waals surface area contributed by atoms with Gasteiger partial charge in [0.1, 0.15) is 11.4 Å². The van der Waals surface area contributed by atoms with E-state index in [1.807, 2.05) is 0 Å². The van der Waals surface area contributed by atoms with Crippen LogP contribution in [0.4, 0.5) is 30.6 Å². The average molecular weight is 391 g/mol. The molecule has 134 valence electrons. The molecular formula is C15H14ClF3N4OS. The largest absolute Gasteiger partial charge is 0.421 e. The van der Waals surface area contributed by atoms with Crippen LogP contribution in [0.1, 0.15) is 5.56 Å². The lowest BCUT2D eigenvalue weighted by Gasteiger charge is -2.29. The first-order valence-corrected chi connectivity index (χ1v) is 9.26. The first kappa shape index (κ1) is 17.9. The van der Waals surface area contributed by atoms with Gasteiger partial charge in [-0.3, -0.25) is 4.21 Å². The summed E-state index contributed by atoms with van der Waals surface area (Å²) in [5.41, 5.74) is -0.295. The molecule has 0 saturated carbocycles. The zero-order chi connectivity index (χ0) is 18.0. The standard InChI is InChI=1S/C15H14ClF3N4OS/c16-10-1-3-11(4-2-10)21-14-20-9-12(15(17,18)19)13(22-14)23-5-7-25(24)8-6-23/h1-4,9H,5-8H2,(H,20,21,22). The minimum atomic E-state index is -4.56. The van der Waals surface area contributed by atoms with Crippen molar-refractivity contribution in [2.45, 2.75) is 6.18 Å². The number of rotatable bonds is 3. The number of benzene rings is 1. The smallest absolute Gasteiger partial charge is 0.354 e. The van der Waals surface area contributed by atoms with E-state index in [-0.39, 0.29) is 24.9 Å². The van der Waals surface area contributed by atoms with Crippen molar-refractivity contribution in [3.05, 3.63) is 41.0 Å². The van der Waals surface area contributed by atoms with Crippen molar-refractivity contribution in [3.63, 3.8) is 0 Å². The molecule has 1 N–H and O–H groups in total. The average Bonchev–Trinajstić information content (AvgIpc) is 2.57. The van der Waals surface area contributed by atoms with Crippen LogP contribution in [0.25, 0.3) is 0 Å². The molecule has 1 aliphatic rings. The van der Waals surface area contributed by atoms with Gasteiger partial charge in [0, 0.05) is 52.3 Å². The summed E-state index contributed by atoms with van der Waals surface area (Å²) in [7, 11) is -0.996. The van der Waals surface area contributed by atoms with E-state index in [2.05, 4.69) is 15.3 Å². The lowest BCUT2D eigenvalue weighted by atomic mass is 10.2. The van der Waals surface area contributed by atoms with Crippen LogP contribution in [0.3, 0.4) is 0 Å². The molecule has 0 radical (unpaired) electrons. The van der Waals surface area contributed by atoms with Crippen LogP contribution in [0, 0.1) is 0 Å². The molecule has 1 saturated heterocycles. The molecule has 5 nitrogen and oxygen atoms in total. The Morgan fingerprint density at radius 1 is 1.16 bits per heavy atom. The summed E-state index contributed by atoms with van der Waals surface area (Å²) < 4.78 is 51.3. The number of anilines is 3. The van der Waals surface area contributed by atoms with Gasteiger partial charge in [-0.2, -0.15) is 18.2 Å². The second kappa shape index (κ2) is 7.17. The second-order valence-corrected chi connectivity index (χ2v) is 7.53. The van der Waals surface area contributed by atoms with E-state index < -0.39 is 22.5 Å². The van der Waals surface area contributed by atoms with Crippen LogP contribution >= 0.6 is 11.6 Å². The van der Waals surface area contributed by atoms with Gasteiger partial charge >= 0.3 is 6.18 Å². The molecule has 2 heterocycles. The van der Waals surface area contributed by atoms with E-state index in [0.29, 0.717) is 22.2 Å². The van der Waals surface area contributed by atoms with Gasteiger partial charge in [0.25, 0.3) is 0 Å². The van der Waals surface area contributed by atoms with E-state index in [4.69, 9.17) is 11.6 Å². The molecule has 2 aromatic rings. The van der Waals surface area contributed by atoms with E-state index in [9.17, 15) is 17.4 Å². The number of aromatic nitrogens is 2. The van der Waals surface area contributed by atoms with Crippen LogP contribution in [-0.2, 0) is 17.0 Å². The Morgan fingerprint density at radius 3 is 2.40 bits per heavy atom. The minimum absolute atomic E-state index is 0.0528. The van der Waals surface area contributed by atoms with Gasteiger partial charge in [-0.05, 0) is 24.3 Å². The Balaban J connectivity index is 1.92. The van der Waals surface area contributed by atoms with E-state index >= 15 is 0 Å². The van der Waals surface area contributed by atoms with E-state index in [1.165, 1.54) is 4.90 Å². The molecule has 1 aromatic heterocycles. The summed E-state index contributed by atoms with van der Waals surface area (Å²) >= 11 is 5.81. The molecule has 0 unspecified atom stereocenters. The molecule has 25 heavy (non-hydrogen) atoms. The lowest BCUT2D eigenvalue weighted by molar-refractivity contribution is -0.137. The van der Waals surface area contributed by atoms with Crippen LogP contribution in [0.5, 0.6) is 0 Å². The third kappa shape index (κ3) is 4.40. The fourth-order valence-electron chi connectivity index (χ4n) is 2.39. The number of nitrogens with zero attached hydrogens (tertiary/aromatic N) is 3. The van der Waals surface area contributed by atoms with Gasteiger partial charge < -0.3 is 10.2 Å². The summed E-state index contributed by atoms with van der Waals surface area (Å²) in [6.07, 6.45) is -3.79. The Bertz CT molecular complexity index is 775. The number of halogens is 4. The predicted molar refractivity (Wildman–Crippen MR) is 91.9 cm³/mol. The van der Waals surface area contributed by atoms with Crippen molar-refractivity contribution in [1.29, 1.82) is 0 Å². The summed E-state index contributed by atoms with van der Waals surface area (Å²) in [6.45, 7) is 0.514. The molecule has 1 aliphatic heterocycles. The third-order valence-corrected chi connectivity index (χ3v) is 5.18. The molecular weight excluding hydrogens is 377 g/mol. The van der Waals surface area contributed by atoms with Gasteiger partial charge in [0.15, 0.2) is 0 Å². The Labute approximate surface area is 149 Å². The van der Waals surface area contributed by atoms with Crippen molar-refractivity contribution in [2.75, 3.05) is 34.8 Å². The normalized spacial score (nSPS) is 16.1. The van der Waals surface area contributed by atoms with Crippen LogP contribution in [0.2, 0.25) is 5.02 Å². The first-order chi connectivity index (χ1) is 11.8. The van der Waals surface area contributed by atoms with Gasteiger partial charge in [0.2, 0.25) is 5.95 Å². The Hall–Kier alpha value is -1.87. The van der Waals surface area contributed by atoms with Crippen molar-refractivity contribution < 1.29 is 17.4 Å². The van der Waals surface area contributed by atoms with Crippen molar-refractivity contribution in [3.8, 4) is 0 Å². The molecule has 1 fully saturated rings. The highest BCUT2D eigenvalue weighted by Gasteiger charge is 2.37. The van der Waals surface area contributed by atoms with Gasteiger partial charge in [0.05, 0.1) is 0 Å². The van der Waals surface area contributed by atoms with E-state index in [0.717, 1.165) is 6.20 Å². The summed E-state index contributed by atoms with van der Waals surface area (Å²) in [4.78, 5) is 9.33. The Kier molecular flexibility index (Phi) is 5.14. The maximum Gasteiger partial charge on any atom is 0.421 e. The molecule has 0 atom stereocenters. The zero-order valence-corrected chi connectivity index (χ0v) is 14.5. The van der Waals surface area contributed by atoms with Gasteiger partial charge in [-0.1, -0.05) is 11.6 Å². The zero-order valence-electron chi connectivity index (χ0n) is 12.9. The second-order valence-electron chi connectivity index (χ2n) is 5.40. The molecule has 3 rings (SSSR count). The quantitative estimate of drug-likeness (QED) is 0.869. The number of nitrogens with one attached hydrogen (secondary N) is 1. The summed E-state index contributed by atoms with van der Waals surface area (Å²) in [5.74, 6) is 0.496. The highest BCUT2D eigenvalue weighted by Crippen LogP contribution is 2.36. The maximum atomic E-state index is 13.3. The highest BCUT2D eigenvalue weighted by molar-refractivity contribution is 7.85. The predicted octanol–water partition coefficient (Wildman–Crippen LogP) is 3.46. The highest BCUT2D eigenvalue weighted by atomic mass is 35.5. The third-order valence-electron chi connectivity index (χ3n) is 3.65. The molecule has 0 bridgehead atoms. The fourth-order valence-corrected chi connectivity index (χ4v) is 3.56. The lowest BCUT2D eigenvalue weighted by Crippen LogP contribution is -2.39. The molecule has 10 heteroatoms. The van der Waals surface area contributed by atoms with Crippen LogP contribution in [-0.4, -0.2) is 38.8 Å². The van der Waals surface area contributed by atoms with Crippen molar-refractivity contribution >= 4 is 39.9 Å².